The minimum Gasteiger partial charge on any atom is -0.363 e. The van der Waals surface area contributed by atoms with Crippen LogP contribution in [0.1, 0.15) is 11.7 Å². The monoisotopic (exact) mass is 430 g/mol. The van der Waals surface area contributed by atoms with E-state index in [1.54, 1.807) is 18.2 Å². The lowest BCUT2D eigenvalue weighted by atomic mass is 10.1. The van der Waals surface area contributed by atoms with Gasteiger partial charge in [-0.15, -0.1) is 0 Å². The molecule has 0 saturated carbocycles. The van der Waals surface area contributed by atoms with Gasteiger partial charge in [-0.2, -0.15) is 18.3 Å². The van der Waals surface area contributed by atoms with Gasteiger partial charge in [0, 0.05) is 11.5 Å². The van der Waals surface area contributed by atoms with Crippen molar-refractivity contribution in [3.8, 4) is 5.69 Å². The number of aromatic nitrogens is 2. The van der Waals surface area contributed by atoms with Crippen LogP contribution in [0.4, 0.5) is 28.9 Å². The highest BCUT2D eigenvalue weighted by Gasteiger charge is 2.44. The zero-order valence-electron chi connectivity index (χ0n) is 15.7. The van der Waals surface area contributed by atoms with Crippen LogP contribution in [-0.2, 0) is 0 Å². The molecule has 6 nitrogen and oxygen atoms in total. The van der Waals surface area contributed by atoms with Crippen LogP contribution in [0.5, 0.6) is 0 Å². The molecule has 0 saturated heterocycles. The maximum atomic E-state index is 14.1. The van der Waals surface area contributed by atoms with E-state index in [-0.39, 0.29) is 16.8 Å². The van der Waals surface area contributed by atoms with Crippen molar-refractivity contribution in [2.75, 3.05) is 5.32 Å². The Morgan fingerprint density at radius 3 is 2.29 bits per heavy atom. The first kappa shape index (κ1) is 20.3. The zero-order valence-corrected chi connectivity index (χ0v) is 15.7. The maximum absolute atomic E-state index is 14.1. The Morgan fingerprint density at radius 1 is 0.968 bits per heavy atom. The van der Waals surface area contributed by atoms with Gasteiger partial charge in [0.2, 0.25) is 0 Å². The maximum Gasteiger partial charge on any atom is 0.414 e. The van der Waals surface area contributed by atoms with Crippen LogP contribution in [0.15, 0.2) is 72.8 Å². The number of halogens is 4. The van der Waals surface area contributed by atoms with E-state index >= 15 is 0 Å². The molecule has 1 aromatic heterocycles. The third kappa shape index (κ3) is 3.91. The Kier molecular flexibility index (Phi) is 5.05. The second-order valence-electron chi connectivity index (χ2n) is 6.68. The molecule has 0 bridgehead atoms. The summed E-state index contributed by atoms with van der Waals surface area (Å²) in [7, 11) is 0. The number of benzene rings is 3. The third-order valence-corrected chi connectivity index (χ3v) is 4.69. The number of nitrogens with one attached hydrogen (secondary N) is 1. The van der Waals surface area contributed by atoms with Crippen LogP contribution in [0.2, 0.25) is 0 Å². The van der Waals surface area contributed by atoms with Gasteiger partial charge in [0.1, 0.15) is 17.2 Å². The minimum atomic E-state index is -4.81. The molecule has 158 valence electrons. The molecule has 10 heteroatoms. The number of alkyl halides is 3. The first-order valence-corrected chi connectivity index (χ1v) is 9.06. The van der Waals surface area contributed by atoms with Crippen molar-refractivity contribution in [3.63, 3.8) is 0 Å². The van der Waals surface area contributed by atoms with Crippen molar-refractivity contribution in [2.24, 2.45) is 0 Å². The highest BCUT2D eigenvalue weighted by molar-refractivity contribution is 5.84. The van der Waals surface area contributed by atoms with E-state index in [4.69, 9.17) is 0 Å². The SMILES string of the molecule is O=[N+]([O-])c1ccccc1NC(c1nn(-c2ccc(F)cc2)c2ccccc12)C(F)(F)F. The summed E-state index contributed by atoms with van der Waals surface area (Å²) in [5, 5.41) is 17.9. The summed E-state index contributed by atoms with van der Waals surface area (Å²) >= 11 is 0. The second-order valence-corrected chi connectivity index (χ2v) is 6.68. The summed E-state index contributed by atoms with van der Waals surface area (Å²) in [5.41, 5.74) is -0.377. The fourth-order valence-electron chi connectivity index (χ4n) is 3.30. The highest BCUT2D eigenvalue weighted by Crippen LogP contribution is 2.40. The molecule has 1 heterocycles. The van der Waals surface area contributed by atoms with Gasteiger partial charge in [-0.3, -0.25) is 10.1 Å². The zero-order chi connectivity index (χ0) is 22.2. The van der Waals surface area contributed by atoms with Crippen LogP contribution in [-0.4, -0.2) is 20.9 Å². The van der Waals surface area contributed by atoms with E-state index in [1.807, 2.05) is 0 Å². The molecule has 3 aromatic carbocycles. The number of anilines is 1. The molecule has 0 spiro atoms. The van der Waals surface area contributed by atoms with Crippen molar-refractivity contribution in [1.29, 1.82) is 0 Å². The average Bonchev–Trinajstić information content (AvgIpc) is 3.11. The molecular formula is C21H14F4N4O2. The Hall–Kier alpha value is -3.95. The van der Waals surface area contributed by atoms with Crippen LogP contribution in [0.25, 0.3) is 16.6 Å². The lowest BCUT2D eigenvalue weighted by Gasteiger charge is -2.21. The van der Waals surface area contributed by atoms with Crippen molar-refractivity contribution < 1.29 is 22.5 Å². The minimum absolute atomic E-state index is 0.209. The lowest BCUT2D eigenvalue weighted by molar-refractivity contribution is -0.384. The first-order chi connectivity index (χ1) is 14.8. The van der Waals surface area contributed by atoms with E-state index in [9.17, 15) is 27.7 Å². The van der Waals surface area contributed by atoms with Crippen molar-refractivity contribution in [3.05, 3.63) is 94.4 Å². The largest absolute Gasteiger partial charge is 0.414 e. The Labute approximate surface area is 172 Å². The number of hydrogen-bond acceptors (Lipinski definition) is 4. The molecule has 0 radical (unpaired) electrons. The van der Waals surface area contributed by atoms with Crippen LogP contribution >= 0.6 is 0 Å². The van der Waals surface area contributed by atoms with Crippen molar-refractivity contribution in [2.45, 2.75) is 12.2 Å². The molecule has 0 aliphatic heterocycles. The lowest BCUT2D eigenvalue weighted by Crippen LogP contribution is -2.29. The number of para-hydroxylation sites is 3. The van der Waals surface area contributed by atoms with Gasteiger partial charge in [0.05, 0.1) is 16.1 Å². The van der Waals surface area contributed by atoms with Crippen molar-refractivity contribution >= 4 is 22.3 Å². The predicted molar refractivity (Wildman–Crippen MR) is 107 cm³/mol. The summed E-state index contributed by atoms with van der Waals surface area (Å²) in [4.78, 5) is 10.5. The average molecular weight is 430 g/mol. The molecule has 31 heavy (non-hydrogen) atoms. The number of nitrogens with zero attached hydrogens (tertiary/aromatic N) is 3. The van der Waals surface area contributed by atoms with E-state index in [0.29, 0.717) is 11.2 Å². The Balaban J connectivity index is 1.88. The number of hydrogen-bond donors (Lipinski definition) is 1. The van der Waals surface area contributed by atoms with Gasteiger partial charge in [0.15, 0.2) is 6.04 Å². The Bertz CT molecular complexity index is 1250. The van der Waals surface area contributed by atoms with Gasteiger partial charge in [-0.25, -0.2) is 9.07 Å². The van der Waals surface area contributed by atoms with E-state index in [0.717, 1.165) is 6.07 Å². The molecule has 1 unspecified atom stereocenters. The van der Waals surface area contributed by atoms with E-state index in [2.05, 4.69) is 10.4 Å². The molecule has 0 amide bonds. The standard InChI is InChI=1S/C21H14F4N4O2/c22-13-9-11-14(12-10-13)28-17-7-3-1-5-15(17)19(27-28)20(21(23,24)25)26-16-6-2-4-8-18(16)29(30)31/h1-12,20,26H. The highest BCUT2D eigenvalue weighted by atomic mass is 19.4. The number of nitro benzene ring substituents is 1. The van der Waals surface area contributed by atoms with E-state index in [1.165, 1.54) is 53.2 Å². The number of rotatable bonds is 5. The summed E-state index contributed by atoms with van der Waals surface area (Å²) in [6.45, 7) is 0. The molecular weight excluding hydrogens is 416 g/mol. The van der Waals surface area contributed by atoms with Crippen molar-refractivity contribution in [1.82, 2.24) is 9.78 Å². The molecule has 0 aliphatic rings. The molecule has 0 aliphatic carbocycles. The van der Waals surface area contributed by atoms with Gasteiger partial charge in [-0.1, -0.05) is 30.3 Å². The predicted octanol–water partition coefficient (Wildman–Crippen LogP) is 5.79. The van der Waals surface area contributed by atoms with Gasteiger partial charge in [0.25, 0.3) is 5.69 Å². The number of fused-ring (bicyclic) bond motifs is 1. The summed E-state index contributed by atoms with van der Waals surface area (Å²) in [5.74, 6) is -0.494. The molecule has 4 aromatic rings. The fourth-order valence-corrected chi connectivity index (χ4v) is 3.30. The summed E-state index contributed by atoms with van der Waals surface area (Å²) < 4.78 is 56.8. The van der Waals surface area contributed by atoms with Gasteiger partial charge < -0.3 is 5.32 Å². The Morgan fingerprint density at radius 2 is 1.61 bits per heavy atom. The van der Waals surface area contributed by atoms with Crippen LogP contribution < -0.4 is 5.32 Å². The molecule has 1 N–H and O–H groups in total. The topological polar surface area (TPSA) is 73.0 Å². The summed E-state index contributed by atoms with van der Waals surface area (Å²) in [6.07, 6.45) is -4.81. The second kappa shape index (κ2) is 7.71. The summed E-state index contributed by atoms with van der Waals surface area (Å²) in [6, 6.07) is 14.2. The molecule has 1 atom stereocenters. The van der Waals surface area contributed by atoms with Gasteiger partial charge >= 0.3 is 6.18 Å². The fraction of sp³-hybridized carbons (Fsp3) is 0.0952. The van der Waals surface area contributed by atoms with E-state index < -0.39 is 28.6 Å². The third-order valence-electron chi connectivity index (χ3n) is 4.69. The smallest absolute Gasteiger partial charge is 0.363 e. The molecule has 0 fully saturated rings. The quantitative estimate of drug-likeness (QED) is 0.247. The van der Waals surface area contributed by atoms with Crippen LogP contribution in [0, 0.1) is 15.9 Å². The molecule has 4 rings (SSSR count). The first-order valence-electron chi connectivity index (χ1n) is 9.06. The number of nitro groups is 1. The van der Waals surface area contributed by atoms with Crippen LogP contribution in [0.3, 0.4) is 0 Å². The normalized spacial score (nSPS) is 12.6. The van der Waals surface area contributed by atoms with Gasteiger partial charge in [-0.05, 0) is 36.4 Å².